The van der Waals surface area contributed by atoms with Gasteiger partial charge in [0.15, 0.2) is 0 Å². The normalized spacial score (nSPS) is 10.8. The van der Waals surface area contributed by atoms with Crippen LogP contribution in [0.4, 0.5) is 14.6 Å². The van der Waals surface area contributed by atoms with Crippen molar-refractivity contribution in [3.05, 3.63) is 22.9 Å². The van der Waals surface area contributed by atoms with Crippen LogP contribution in [0.3, 0.4) is 0 Å². The topological polar surface area (TPSA) is 64.9 Å². The van der Waals surface area contributed by atoms with E-state index in [0.717, 1.165) is 0 Å². The zero-order chi connectivity index (χ0) is 10.0. The monoisotopic (exact) mass is 187 g/mol. The van der Waals surface area contributed by atoms with Crippen molar-refractivity contribution in [2.45, 2.75) is 19.9 Å². The van der Waals surface area contributed by atoms with Crippen LogP contribution in [0.1, 0.15) is 23.2 Å². The smallest absolute Gasteiger partial charge is 0.265 e. The van der Waals surface area contributed by atoms with Gasteiger partial charge in [-0.15, -0.1) is 0 Å². The van der Waals surface area contributed by atoms with E-state index in [4.69, 9.17) is 11.5 Å². The number of aryl methyl sites for hydroxylation is 1. The fourth-order valence-corrected chi connectivity index (χ4v) is 1.23. The molecule has 0 bridgehead atoms. The highest BCUT2D eigenvalue weighted by Crippen LogP contribution is 2.26. The number of nitrogens with two attached hydrogens (primary N) is 2. The number of anilines is 1. The lowest BCUT2D eigenvalue weighted by Gasteiger charge is -2.10. The van der Waals surface area contributed by atoms with E-state index in [1.54, 1.807) is 6.92 Å². The predicted octanol–water partition coefficient (Wildman–Crippen LogP) is 1.37. The van der Waals surface area contributed by atoms with Crippen LogP contribution in [-0.2, 0) is 6.54 Å². The molecule has 1 aromatic rings. The molecule has 0 unspecified atom stereocenters. The number of hydrogen-bond acceptors (Lipinski definition) is 3. The van der Waals surface area contributed by atoms with Gasteiger partial charge in [-0.05, 0) is 18.6 Å². The summed E-state index contributed by atoms with van der Waals surface area (Å²) in [4.78, 5) is 3.75. The molecule has 1 heterocycles. The van der Waals surface area contributed by atoms with Crippen LogP contribution in [0.25, 0.3) is 0 Å². The second-order valence-corrected chi connectivity index (χ2v) is 2.73. The molecule has 0 saturated carbocycles. The fourth-order valence-electron chi connectivity index (χ4n) is 1.23. The molecule has 0 spiro atoms. The Labute approximate surface area is 74.8 Å². The molecule has 72 valence electrons. The van der Waals surface area contributed by atoms with Gasteiger partial charge in [0.2, 0.25) is 0 Å². The maximum Gasteiger partial charge on any atom is 0.265 e. The molecule has 13 heavy (non-hydrogen) atoms. The highest BCUT2D eigenvalue weighted by molar-refractivity contribution is 5.41. The van der Waals surface area contributed by atoms with E-state index in [0.29, 0.717) is 5.56 Å². The molecule has 1 rings (SSSR count). The molecule has 4 N–H and O–H groups in total. The van der Waals surface area contributed by atoms with Gasteiger partial charge in [0.1, 0.15) is 5.82 Å². The molecule has 0 aliphatic carbocycles. The van der Waals surface area contributed by atoms with Crippen molar-refractivity contribution in [2.75, 3.05) is 5.73 Å². The standard InChI is InChI=1S/C8H11F2N3/c1-4-2-6(12)13-5(3-11)7(4)8(9)10/h2,8H,3,11H2,1H3,(H2,12,13). The molecule has 0 aliphatic heterocycles. The Morgan fingerprint density at radius 3 is 2.62 bits per heavy atom. The van der Waals surface area contributed by atoms with Crippen molar-refractivity contribution < 1.29 is 8.78 Å². The zero-order valence-corrected chi connectivity index (χ0v) is 7.22. The van der Waals surface area contributed by atoms with Crippen molar-refractivity contribution in [3.63, 3.8) is 0 Å². The summed E-state index contributed by atoms with van der Waals surface area (Å²) in [7, 11) is 0. The number of alkyl halides is 2. The Kier molecular flexibility index (Phi) is 2.77. The summed E-state index contributed by atoms with van der Waals surface area (Å²) in [5.74, 6) is 0.224. The summed E-state index contributed by atoms with van der Waals surface area (Å²) >= 11 is 0. The van der Waals surface area contributed by atoms with Crippen LogP contribution >= 0.6 is 0 Å². The third kappa shape index (κ3) is 1.92. The largest absolute Gasteiger partial charge is 0.384 e. The number of hydrogen-bond donors (Lipinski definition) is 2. The van der Waals surface area contributed by atoms with E-state index in [1.165, 1.54) is 6.07 Å². The Morgan fingerprint density at radius 1 is 1.54 bits per heavy atom. The Balaban J connectivity index is 3.30. The van der Waals surface area contributed by atoms with Gasteiger partial charge in [0.25, 0.3) is 6.43 Å². The number of aromatic nitrogens is 1. The highest BCUT2D eigenvalue weighted by atomic mass is 19.3. The maximum atomic E-state index is 12.5. The molecule has 0 aromatic carbocycles. The average molecular weight is 187 g/mol. The van der Waals surface area contributed by atoms with Gasteiger partial charge in [-0.25, -0.2) is 13.8 Å². The molecule has 0 fully saturated rings. The van der Waals surface area contributed by atoms with Gasteiger partial charge in [0, 0.05) is 12.1 Å². The van der Waals surface area contributed by atoms with Crippen LogP contribution in [0, 0.1) is 6.92 Å². The van der Waals surface area contributed by atoms with Gasteiger partial charge >= 0.3 is 0 Å². The lowest BCUT2D eigenvalue weighted by Crippen LogP contribution is -2.09. The second kappa shape index (κ2) is 3.66. The van der Waals surface area contributed by atoms with Crippen LogP contribution in [0.5, 0.6) is 0 Å². The van der Waals surface area contributed by atoms with Gasteiger partial charge in [-0.2, -0.15) is 0 Å². The maximum absolute atomic E-state index is 12.5. The van der Waals surface area contributed by atoms with Crippen molar-refractivity contribution in [1.29, 1.82) is 0 Å². The van der Waals surface area contributed by atoms with E-state index >= 15 is 0 Å². The Hall–Kier alpha value is -1.23. The molecule has 0 aliphatic rings. The minimum absolute atomic E-state index is 0.0223. The fraction of sp³-hybridized carbons (Fsp3) is 0.375. The number of nitrogen functional groups attached to an aromatic ring is 1. The minimum Gasteiger partial charge on any atom is -0.384 e. The first-order valence-corrected chi connectivity index (χ1v) is 3.80. The van der Waals surface area contributed by atoms with E-state index < -0.39 is 6.43 Å². The number of halogens is 2. The number of pyridine rings is 1. The van der Waals surface area contributed by atoms with Gasteiger partial charge in [-0.3, -0.25) is 0 Å². The molecule has 3 nitrogen and oxygen atoms in total. The first-order chi connectivity index (χ1) is 6.06. The van der Waals surface area contributed by atoms with Crippen molar-refractivity contribution in [2.24, 2.45) is 5.73 Å². The lowest BCUT2D eigenvalue weighted by molar-refractivity contribution is 0.149. The quantitative estimate of drug-likeness (QED) is 0.734. The number of rotatable bonds is 2. The van der Waals surface area contributed by atoms with E-state index in [2.05, 4.69) is 4.98 Å². The van der Waals surface area contributed by atoms with Crippen molar-refractivity contribution in [3.8, 4) is 0 Å². The van der Waals surface area contributed by atoms with Crippen molar-refractivity contribution >= 4 is 5.82 Å². The highest BCUT2D eigenvalue weighted by Gasteiger charge is 2.16. The third-order valence-electron chi connectivity index (χ3n) is 1.78. The van der Waals surface area contributed by atoms with Crippen LogP contribution in [-0.4, -0.2) is 4.98 Å². The Bertz CT molecular complexity index is 313. The Morgan fingerprint density at radius 2 is 2.15 bits per heavy atom. The average Bonchev–Trinajstić information content (AvgIpc) is 2.01. The van der Waals surface area contributed by atoms with Crippen LogP contribution in [0.2, 0.25) is 0 Å². The summed E-state index contributed by atoms with van der Waals surface area (Å²) in [6.07, 6.45) is -2.55. The first kappa shape index (κ1) is 9.85. The predicted molar refractivity (Wildman–Crippen MR) is 46.2 cm³/mol. The molecule has 0 atom stereocenters. The number of nitrogens with zero attached hydrogens (tertiary/aromatic N) is 1. The summed E-state index contributed by atoms with van der Waals surface area (Å²) in [5.41, 5.74) is 11.2. The van der Waals surface area contributed by atoms with E-state index in [9.17, 15) is 8.78 Å². The third-order valence-corrected chi connectivity index (χ3v) is 1.78. The minimum atomic E-state index is -2.55. The van der Waals surface area contributed by atoms with E-state index in [-0.39, 0.29) is 23.6 Å². The van der Waals surface area contributed by atoms with Crippen molar-refractivity contribution in [1.82, 2.24) is 4.98 Å². The zero-order valence-electron chi connectivity index (χ0n) is 7.22. The van der Waals surface area contributed by atoms with Gasteiger partial charge in [0.05, 0.1) is 5.69 Å². The lowest BCUT2D eigenvalue weighted by atomic mass is 10.1. The SMILES string of the molecule is Cc1cc(N)nc(CN)c1C(F)F. The second-order valence-electron chi connectivity index (χ2n) is 2.73. The molecular weight excluding hydrogens is 176 g/mol. The van der Waals surface area contributed by atoms with E-state index in [1.807, 2.05) is 0 Å². The molecule has 1 aromatic heterocycles. The first-order valence-electron chi connectivity index (χ1n) is 3.80. The molecule has 5 heteroatoms. The molecular formula is C8H11F2N3. The molecule has 0 saturated heterocycles. The van der Waals surface area contributed by atoms with Crippen LogP contribution < -0.4 is 11.5 Å². The summed E-state index contributed by atoms with van der Waals surface area (Å²) in [5, 5.41) is 0. The summed E-state index contributed by atoms with van der Waals surface area (Å²) in [6, 6.07) is 1.42. The summed E-state index contributed by atoms with van der Waals surface area (Å²) < 4.78 is 24.9. The molecule has 0 amide bonds. The van der Waals surface area contributed by atoms with Crippen LogP contribution in [0.15, 0.2) is 6.07 Å². The molecule has 0 radical (unpaired) electrons. The van der Waals surface area contributed by atoms with Gasteiger partial charge < -0.3 is 11.5 Å². The summed E-state index contributed by atoms with van der Waals surface area (Å²) in [6.45, 7) is 1.55. The van der Waals surface area contributed by atoms with Gasteiger partial charge in [-0.1, -0.05) is 0 Å².